The van der Waals surface area contributed by atoms with Gasteiger partial charge in [-0.25, -0.2) is 0 Å². The largest absolute Gasteiger partial charge is 0.493 e. The number of carbonyl (C=O) groups excluding carboxylic acids is 5. The van der Waals surface area contributed by atoms with Crippen LogP contribution in [0.25, 0.3) is 12.2 Å². The molecule has 0 aliphatic carbocycles. The van der Waals surface area contributed by atoms with Crippen LogP contribution >= 0.6 is 0 Å². The van der Waals surface area contributed by atoms with E-state index < -0.39 is 54.1 Å². The average molecular weight is 927 g/mol. The molecule has 67 heavy (non-hydrogen) atoms. The second-order valence-electron chi connectivity index (χ2n) is 14.8. The van der Waals surface area contributed by atoms with Gasteiger partial charge in [-0.1, -0.05) is 30.4 Å². The van der Waals surface area contributed by atoms with Gasteiger partial charge in [0, 0.05) is 45.7 Å². The van der Waals surface area contributed by atoms with Gasteiger partial charge in [-0.3, -0.25) is 24.0 Å². The number of hydrogen-bond donors (Lipinski definition) is 0. The molecule has 4 aromatic rings. The van der Waals surface area contributed by atoms with Crippen LogP contribution in [0.5, 0.6) is 46.0 Å². The highest BCUT2D eigenvalue weighted by Crippen LogP contribution is 2.52. The Hall–Kier alpha value is -7.69. The molecule has 4 aromatic carbocycles. The lowest BCUT2D eigenvalue weighted by atomic mass is 9.90. The van der Waals surface area contributed by atoms with Gasteiger partial charge in [0.15, 0.2) is 58.2 Å². The van der Waals surface area contributed by atoms with Crippen LogP contribution < -0.4 is 37.9 Å². The van der Waals surface area contributed by atoms with Crippen molar-refractivity contribution in [2.45, 2.75) is 58.8 Å². The van der Waals surface area contributed by atoms with E-state index in [1.54, 1.807) is 85.0 Å². The maximum atomic E-state index is 12.4. The number of hydrogen-bond acceptors (Lipinski definition) is 17. The van der Waals surface area contributed by atoms with E-state index in [2.05, 4.69) is 0 Å². The number of ether oxygens (including phenoxy) is 12. The van der Waals surface area contributed by atoms with E-state index in [0.717, 1.165) is 11.1 Å². The number of carbonyl (C=O) groups is 5. The van der Waals surface area contributed by atoms with Gasteiger partial charge in [0.05, 0.1) is 34.4 Å². The van der Waals surface area contributed by atoms with Crippen LogP contribution in [0.4, 0.5) is 0 Å². The minimum atomic E-state index is -1.09. The first-order chi connectivity index (χ1) is 32.1. The second-order valence-corrected chi connectivity index (χ2v) is 14.8. The third kappa shape index (κ3) is 13.9. The maximum Gasteiger partial charge on any atom is 0.308 e. The van der Waals surface area contributed by atoms with Gasteiger partial charge >= 0.3 is 29.8 Å². The molecule has 5 rings (SSSR count). The normalized spacial score (nSPS) is 14.8. The van der Waals surface area contributed by atoms with Gasteiger partial charge in [-0.05, 0) is 77.4 Å². The molecule has 0 unspecified atom stereocenters. The first-order valence-electron chi connectivity index (χ1n) is 20.9. The molecule has 0 N–H and O–H groups in total. The summed E-state index contributed by atoms with van der Waals surface area (Å²) in [4.78, 5) is 59.0. The van der Waals surface area contributed by atoms with Crippen molar-refractivity contribution in [2.24, 2.45) is 0 Å². The Kier molecular flexibility index (Phi) is 18.0. The summed E-state index contributed by atoms with van der Waals surface area (Å²) in [5.41, 5.74) is 3.26. The van der Waals surface area contributed by atoms with Gasteiger partial charge in [0.2, 0.25) is 0 Å². The Morgan fingerprint density at radius 2 is 1.10 bits per heavy atom. The zero-order chi connectivity index (χ0) is 48.6. The summed E-state index contributed by atoms with van der Waals surface area (Å²) in [7, 11) is 5.87. The predicted molar refractivity (Wildman–Crippen MR) is 242 cm³/mol. The topological polar surface area (TPSA) is 196 Å². The highest BCUT2D eigenvalue weighted by atomic mass is 16.6. The SMILES string of the molecule is COc1cc([C@@H](Oc2ccc([C@H]3Oc4c(OC)cc(/C=C/COC(C)=O)cc4[C@@H]3COC(C)=O)cc2OC)[C@H](COC(C)=O)Oc2ccc(/C=C/COC(C)=O)cc2OC)ccc1OC(C)=O. The fourth-order valence-electron chi connectivity index (χ4n) is 7.04. The molecule has 0 saturated heterocycles. The van der Waals surface area contributed by atoms with E-state index in [9.17, 15) is 24.0 Å². The van der Waals surface area contributed by atoms with Crippen molar-refractivity contribution in [3.8, 4) is 46.0 Å². The highest BCUT2D eigenvalue weighted by Gasteiger charge is 2.40. The summed E-state index contributed by atoms with van der Waals surface area (Å²) in [6, 6.07) is 18.8. The molecule has 0 amide bonds. The molecular weight excluding hydrogens is 873 g/mol. The molecule has 4 atom stereocenters. The summed E-state index contributed by atoms with van der Waals surface area (Å²) >= 11 is 0. The molecule has 0 aromatic heterocycles. The van der Waals surface area contributed by atoms with Gasteiger partial charge in [-0.2, -0.15) is 0 Å². The second kappa shape index (κ2) is 24.0. The molecule has 0 radical (unpaired) electrons. The van der Waals surface area contributed by atoms with E-state index in [4.69, 9.17) is 56.8 Å². The maximum absolute atomic E-state index is 12.4. The Bertz CT molecular complexity index is 2470. The third-order valence-corrected chi connectivity index (χ3v) is 9.98. The van der Waals surface area contributed by atoms with Crippen molar-refractivity contribution in [1.29, 1.82) is 0 Å². The van der Waals surface area contributed by atoms with Gasteiger partial charge in [-0.15, -0.1) is 0 Å². The van der Waals surface area contributed by atoms with Crippen LogP contribution in [0.2, 0.25) is 0 Å². The first kappa shape index (κ1) is 50.3. The molecule has 0 bridgehead atoms. The molecule has 1 aliphatic rings. The fourth-order valence-corrected chi connectivity index (χ4v) is 7.04. The summed E-state index contributed by atoms with van der Waals surface area (Å²) in [6.07, 6.45) is 4.03. The molecule has 17 heteroatoms. The summed E-state index contributed by atoms with van der Waals surface area (Å²) in [6.45, 7) is 6.31. The summed E-state index contributed by atoms with van der Waals surface area (Å²) in [5.74, 6) is -0.597. The van der Waals surface area contributed by atoms with Crippen LogP contribution in [0, 0.1) is 0 Å². The Labute approximate surface area is 388 Å². The van der Waals surface area contributed by atoms with E-state index in [-0.39, 0.29) is 55.2 Å². The van der Waals surface area contributed by atoms with Crippen LogP contribution in [-0.4, -0.2) is 90.8 Å². The minimum absolute atomic E-state index is 0.0330. The lowest BCUT2D eigenvalue weighted by molar-refractivity contribution is -0.145. The van der Waals surface area contributed by atoms with E-state index in [1.807, 2.05) is 6.07 Å². The number of rotatable bonds is 22. The van der Waals surface area contributed by atoms with Crippen LogP contribution in [0.15, 0.2) is 78.9 Å². The van der Waals surface area contributed by atoms with Crippen molar-refractivity contribution >= 4 is 42.0 Å². The van der Waals surface area contributed by atoms with Gasteiger partial charge in [0.1, 0.15) is 32.5 Å². The number of esters is 5. The van der Waals surface area contributed by atoms with Crippen LogP contribution in [0.1, 0.15) is 80.6 Å². The zero-order valence-corrected chi connectivity index (χ0v) is 38.7. The molecule has 1 heterocycles. The quantitative estimate of drug-likeness (QED) is 0.0422. The minimum Gasteiger partial charge on any atom is -0.493 e. The molecule has 1 aliphatic heterocycles. The standard InChI is InChI=1S/C50H54O17/c1-29(51)60-20-10-12-34-14-17-41(43(23-34)56-6)65-47(28-63-32(4)54)49(37-16-18-40(64-33(5)55)44(26-37)57-7)66-42-19-15-36(25-45(42)58-8)48-39(27-62-31(3)53)38-22-35(13-11-21-61-30(2)52)24-46(59-9)50(38)67-48/h10-19,22-26,39,47-49H,20-21,27-28H2,1-9H3/b12-10+,13-11+/t39-,47-,48+,49+/m0/s1. The van der Waals surface area contributed by atoms with Gasteiger partial charge < -0.3 is 56.8 Å². The zero-order valence-electron chi connectivity index (χ0n) is 38.7. The molecule has 356 valence electrons. The van der Waals surface area contributed by atoms with Crippen molar-refractivity contribution in [2.75, 3.05) is 54.9 Å². The third-order valence-electron chi connectivity index (χ3n) is 9.98. The smallest absolute Gasteiger partial charge is 0.308 e. The van der Waals surface area contributed by atoms with E-state index in [1.165, 1.54) is 63.1 Å². The van der Waals surface area contributed by atoms with E-state index in [0.29, 0.717) is 33.9 Å². The van der Waals surface area contributed by atoms with Crippen molar-refractivity contribution in [1.82, 2.24) is 0 Å². The Morgan fingerprint density at radius 1 is 0.552 bits per heavy atom. The molecule has 0 spiro atoms. The number of methoxy groups -OCH3 is 4. The predicted octanol–water partition coefficient (Wildman–Crippen LogP) is 7.71. The molecule has 0 saturated carbocycles. The van der Waals surface area contributed by atoms with Crippen molar-refractivity contribution in [3.63, 3.8) is 0 Å². The summed E-state index contributed by atoms with van der Waals surface area (Å²) < 4.78 is 69.6. The molecule has 17 nitrogen and oxygen atoms in total. The lowest BCUT2D eigenvalue weighted by Gasteiger charge is -2.30. The highest BCUT2D eigenvalue weighted by molar-refractivity contribution is 5.71. The van der Waals surface area contributed by atoms with Crippen LogP contribution in [-0.2, 0) is 42.9 Å². The monoisotopic (exact) mass is 926 g/mol. The van der Waals surface area contributed by atoms with Gasteiger partial charge in [0.25, 0.3) is 0 Å². The Balaban J connectivity index is 1.57. The van der Waals surface area contributed by atoms with Crippen LogP contribution in [0.3, 0.4) is 0 Å². The average Bonchev–Trinajstić information content (AvgIpc) is 3.67. The number of fused-ring (bicyclic) bond motifs is 1. The first-order valence-corrected chi connectivity index (χ1v) is 20.9. The number of benzene rings is 4. The molecular formula is C50H54O17. The molecule has 0 fully saturated rings. The fraction of sp³-hybridized carbons (Fsp3) is 0.340. The Morgan fingerprint density at radius 3 is 1.72 bits per heavy atom. The lowest BCUT2D eigenvalue weighted by Crippen LogP contribution is -2.35. The summed E-state index contributed by atoms with van der Waals surface area (Å²) in [5, 5.41) is 0. The van der Waals surface area contributed by atoms with Crippen molar-refractivity contribution in [3.05, 3.63) is 107 Å². The van der Waals surface area contributed by atoms with Crippen molar-refractivity contribution < 1.29 is 80.8 Å². The van der Waals surface area contributed by atoms with E-state index >= 15 is 0 Å².